The summed E-state index contributed by atoms with van der Waals surface area (Å²) in [6.45, 7) is 4.95. The van der Waals surface area contributed by atoms with Gasteiger partial charge in [0.2, 0.25) is 5.91 Å². The maximum Gasteiger partial charge on any atom is 0.294 e. The zero-order valence-electron chi connectivity index (χ0n) is 21.5. The molecular weight excluding hydrogens is 519 g/mol. The van der Waals surface area contributed by atoms with E-state index in [9.17, 15) is 14.0 Å². The second-order valence-corrected chi connectivity index (χ2v) is 9.94. The molecule has 3 aromatic carbocycles. The van der Waals surface area contributed by atoms with E-state index in [0.717, 1.165) is 49.9 Å². The fraction of sp³-hybridized carbons (Fsp3) is 0.267. The van der Waals surface area contributed by atoms with Crippen molar-refractivity contribution in [3.05, 3.63) is 95.0 Å². The highest BCUT2D eigenvalue weighted by molar-refractivity contribution is 6.30. The number of hydrogen-bond donors (Lipinski definition) is 1. The predicted molar refractivity (Wildman–Crippen MR) is 152 cm³/mol. The SMILES string of the molecule is O=C(CN1C(=O)/C(=C\c2ccccc2F)Oc2ccccc21)NCCCN1CCN(c2cccc(Cl)c2)CC1. The van der Waals surface area contributed by atoms with Crippen LogP contribution in [0.5, 0.6) is 5.75 Å². The van der Waals surface area contributed by atoms with E-state index < -0.39 is 11.7 Å². The highest BCUT2D eigenvalue weighted by atomic mass is 35.5. The molecule has 0 unspecified atom stereocenters. The van der Waals surface area contributed by atoms with E-state index in [2.05, 4.69) is 21.2 Å². The molecule has 0 aliphatic carbocycles. The molecule has 0 bridgehead atoms. The lowest BCUT2D eigenvalue weighted by Crippen LogP contribution is -2.47. The van der Waals surface area contributed by atoms with Crippen molar-refractivity contribution in [2.45, 2.75) is 6.42 Å². The summed E-state index contributed by atoms with van der Waals surface area (Å²) in [5.41, 5.74) is 1.87. The van der Waals surface area contributed by atoms with Crippen LogP contribution in [0, 0.1) is 5.82 Å². The number of halogens is 2. The van der Waals surface area contributed by atoms with E-state index in [-0.39, 0.29) is 23.8 Å². The number of carbonyl (C=O) groups is 2. The van der Waals surface area contributed by atoms with E-state index in [4.69, 9.17) is 16.3 Å². The number of carbonyl (C=O) groups excluding carboxylic acids is 2. The van der Waals surface area contributed by atoms with Crippen LogP contribution in [0.4, 0.5) is 15.8 Å². The zero-order chi connectivity index (χ0) is 27.2. The Morgan fingerprint density at radius 1 is 1.00 bits per heavy atom. The first-order valence-corrected chi connectivity index (χ1v) is 13.4. The molecule has 3 aromatic rings. The van der Waals surface area contributed by atoms with E-state index >= 15 is 0 Å². The molecule has 2 heterocycles. The zero-order valence-corrected chi connectivity index (χ0v) is 22.2. The van der Waals surface area contributed by atoms with Crippen LogP contribution in [0.1, 0.15) is 12.0 Å². The molecule has 0 radical (unpaired) electrons. The summed E-state index contributed by atoms with van der Waals surface area (Å²) in [5.74, 6) is -0.830. The van der Waals surface area contributed by atoms with Gasteiger partial charge in [-0.05, 0) is 55.4 Å². The van der Waals surface area contributed by atoms with Gasteiger partial charge in [-0.1, -0.05) is 48.0 Å². The number of hydrogen-bond acceptors (Lipinski definition) is 5. The molecule has 7 nitrogen and oxygen atoms in total. The smallest absolute Gasteiger partial charge is 0.294 e. The summed E-state index contributed by atoms with van der Waals surface area (Å²) in [5, 5.41) is 3.67. The van der Waals surface area contributed by atoms with Crippen LogP contribution >= 0.6 is 11.6 Å². The lowest BCUT2D eigenvalue weighted by atomic mass is 10.1. The molecule has 0 spiro atoms. The van der Waals surface area contributed by atoms with Crippen molar-refractivity contribution in [3.63, 3.8) is 0 Å². The minimum absolute atomic E-state index is 0.0384. The molecule has 0 atom stereocenters. The monoisotopic (exact) mass is 548 g/mol. The Kier molecular flexibility index (Phi) is 8.44. The highest BCUT2D eigenvalue weighted by Crippen LogP contribution is 2.35. The van der Waals surface area contributed by atoms with Crippen LogP contribution in [-0.4, -0.2) is 62.5 Å². The van der Waals surface area contributed by atoms with Gasteiger partial charge in [-0.2, -0.15) is 0 Å². The predicted octanol–water partition coefficient (Wildman–Crippen LogP) is 4.57. The maximum absolute atomic E-state index is 14.2. The normalized spacial score (nSPS) is 16.7. The van der Waals surface area contributed by atoms with Gasteiger partial charge in [0.25, 0.3) is 5.91 Å². The first kappa shape index (κ1) is 26.7. The van der Waals surface area contributed by atoms with Gasteiger partial charge in [-0.15, -0.1) is 0 Å². The minimum Gasteiger partial charge on any atom is -0.449 e. The molecular formula is C30H30ClFN4O3. The Morgan fingerprint density at radius 3 is 2.56 bits per heavy atom. The van der Waals surface area contributed by atoms with Crippen molar-refractivity contribution in [1.82, 2.24) is 10.2 Å². The van der Waals surface area contributed by atoms with Gasteiger partial charge in [0.15, 0.2) is 11.5 Å². The quantitative estimate of drug-likeness (QED) is 0.330. The van der Waals surface area contributed by atoms with Crippen molar-refractivity contribution >= 4 is 40.9 Å². The number of para-hydroxylation sites is 2. The topological polar surface area (TPSA) is 65.1 Å². The van der Waals surface area contributed by atoms with Crippen molar-refractivity contribution in [1.29, 1.82) is 0 Å². The molecule has 5 rings (SSSR count). The number of piperazine rings is 1. The lowest BCUT2D eigenvalue weighted by Gasteiger charge is -2.36. The number of ether oxygens (including phenoxy) is 1. The average molecular weight is 549 g/mol. The van der Waals surface area contributed by atoms with Gasteiger partial charge in [0.05, 0.1) is 5.69 Å². The van der Waals surface area contributed by atoms with Gasteiger partial charge in [-0.25, -0.2) is 4.39 Å². The molecule has 1 saturated heterocycles. The van der Waals surface area contributed by atoms with Crippen LogP contribution < -0.4 is 19.9 Å². The number of anilines is 2. The Hall–Kier alpha value is -3.88. The average Bonchev–Trinajstić information content (AvgIpc) is 2.95. The molecule has 1 fully saturated rings. The molecule has 9 heteroatoms. The maximum atomic E-state index is 14.2. The lowest BCUT2D eigenvalue weighted by molar-refractivity contribution is -0.123. The number of amides is 2. The van der Waals surface area contributed by atoms with Crippen LogP contribution in [0.2, 0.25) is 5.02 Å². The third-order valence-corrected chi connectivity index (χ3v) is 7.08. The third-order valence-electron chi connectivity index (χ3n) is 6.84. The van der Waals surface area contributed by atoms with Crippen LogP contribution in [0.15, 0.2) is 78.6 Å². The standard InChI is InChI=1S/C30H30ClFN4O3/c31-23-8-5-9-24(20-23)35-17-15-34(16-18-35)14-6-13-33-29(37)21-36-26-11-3-4-12-27(26)39-28(30(36)38)19-22-7-1-2-10-25(22)32/h1-5,7-12,19-20H,6,13-18,21H2,(H,33,37)/b28-19+. The Labute approximate surface area is 232 Å². The first-order chi connectivity index (χ1) is 19.0. The third kappa shape index (κ3) is 6.58. The van der Waals surface area contributed by atoms with Crippen molar-refractivity contribution in [2.24, 2.45) is 0 Å². The van der Waals surface area contributed by atoms with E-state index in [0.29, 0.717) is 18.0 Å². The van der Waals surface area contributed by atoms with Crippen molar-refractivity contribution < 1.29 is 18.7 Å². The van der Waals surface area contributed by atoms with Crippen LogP contribution in [-0.2, 0) is 9.59 Å². The molecule has 0 saturated carbocycles. The number of nitrogens with zero attached hydrogens (tertiary/aromatic N) is 3. The summed E-state index contributed by atoms with van der Waals surface area (Å²) in [7, 11) is 0. The minimum atomic E-state index is -0.496. The number of rotatable bonds is 8. The van der Waals surface area contributed by atoms with E-state index in [1.165, 1.54) is 17.0 Å². The molecule has 1 N–H and O–H groups in total. The van der Waals surface area contributed by atoms with E-state index in [1.807, 2.05) is 18.2 Å². The van der Waals surface area contributed by atoms with Crippen LogP contribution in [0.3, 0.4) is 0 Å². The van der Waals surface area contributed by atoms with Crippen molar-refractivity contribution in [2.75, 3.05) is 55.6 Å². The molecule has 2 amide bonds. The van der Waals surface area contributed by atoms with Crippen molar-refractivity contribution in [3.8, 4) is 5.75 Å². The van der Waals surface area contributed by atoms with Gasteiger partial charge in [0.1, 0.15) is 12.4 Å². The molecule has 2 aliphatic rings. The molecule has 39 heavy (non-hydrogen) atoms. The van der Waals surface area contributed by atoms with Gasteiger partial charge in [-0.3, -0.25) is 19.4 Å². The van der Waals surface area contributed by atoms with Crippen LogP contribution in [0.25, 0.3) is 6.08 Å². The molecule has 202 valence electrons. The van der Waals surface area contributed by atoms with Gasteiger partial charge < -0.3 is 15.0 Å². The Morgan fingerprint density at radius 2 is 1.77 bits per heavy atom. The largest absolute Gasteiger partial charge is 0.449 e. The highest BCUT2D eigenvalue weighted by Gasteiger charge is 2.31. The summed E-state index contributed by atoms with van der Waals surface area (Å²) >= 11 is 6.13. The summed E-state index contributed by atoms with van der Waals surface area (Å²) < 4.78 is 20.0. The number of fused-ring (bicyclic) bond motifs is 1. The van der Waals surface area contributed by atoms with Gasteiger partial charge >= 0.3 is 0 Å². The second kappa shape index (κ2) is 12.3. The number of nitrogens with one attached hydrogen (secondary N) is 1. The second-order valence-electron chi connectivity index (χ2n) is 9.50. The molecule has 0 aromatic heterocycles. The number of benzene rings is 3. The summed E-state index contributed by atoms with van der Waals surface area (Å²) in [4.78, 5) is 32.1. The summed E-state index contributed by atoms with van der Waals surface area (Å²) in [6, 6.07) is 21.1. The fourth-order valence-corrected chi connectivity index (χ4v) is 4.97. The Bertz CT molecular complexity index is 1370. The van der Waals surface area contributed by atoms with E-state index in [1.54, 1.807) is 42.5 Å². The van der Waals surface area contributed by atoms with Gasteiger partial charge in [0, 0.05) is 49.0 Å². The fourth-order valence-electron chi connectivity index (χ4n) is 4.79. The Balaban J connectivity index is 1.12. The summed E-state index contributed by atoms with van der Waals surface area (Å²) in [6.07, 6.45) is 2.17. The molecule has 2 aliphatic heterocycles. The first-order valence-electron chi connectivity index (χ1n) is 13.0.